The van der Waals surface area contributed by atoms with Crippen molar-refractivity contribution in [2.75, 3.05) is 5.75 Å². The van der Waals surface area contributed by atoms with Gasteiger partial charge in [0.15, 0.2) is 5.16 Å². The van der Waals surface area contributed by atoms with Gasteiger partial charge in [-0.2, -0.15) is 0 Å². The molecular weight excluding hydrogens is 258 g/mol. The Bertz CT molecular complexity index is 473. The minimum atomic E-state index is -0.454. The quantitative estimate of drug-likeness (QED) is 0.842. The van der Waals surface area contributed by atoms with Crippen LogP contribution in [0.15, 0.2) is 5.16 Å². The molecule has 104 valence electrons. The SMILES string of the molecule is OC1(CSc2nnc(C3CC3)n2C2CC2)CCCC1. The standard InChI is InChI=1S/C14H21N3OS/c18-14(7-1-2-8-14)9-19-13-16-15-12(10-3-4-10)17(13)11-5-6-11/h10-11,18H,1-9H2. The van der Waals surface area contributed by atoms with Crippen LogP contribution >= 0.6 is 11.8 Å². The van der Waals surface area contributed by atoms with Crippen LogP contribution in [0.3, 0.4) is 0 Å². The van der Waals surface area contributed by atoms with E-state index in [0.717, 1.165) is 23.8 Å². The van der Waals surface area contributed by atoms with Crippen molar-refractivity contribution < 1.29 is 5.11 Å². The lowest BCUT2D eigenvalue weighted by molar-refractivity contribution is 0.0732. The van der Waals surface area contributed by atoms with Crippen molar-refractivity contribution in [3.8, 4) is 0 Å². The van der Waals surface area contributed by atoms with Crippen molar-refractivity contribution in [3.05, 3.63) is 5.82 Å². The molecule has 3 saturated carbocycles. The van der Waals surface area contributed by atoms with Gasteiger partial charge in [0.1, 0.15) is 5.82 Å². The van der Waals surface area contributed by atoms with Crippen LogP contribution in [0.5, 0.6) is 0 Å². The first-order valence-corrected chi connectivity index (χ1v) is 8.54. The largest absolute Gasteiger partial charge is 0.389 e. The topological polar surface area (TPSA) is 50.9 Å². The number of rotatable bonds is 5. The molecule has 3 aliphatic rings. The minimum absolute atomic E-state index is 0.454. The van der Waals surface area contributed by atoms with Crippen molar-refractivity contribution in [1.82, 2.24) is 14.8 Å². The van der Waals surface area contributed by atoms with E-state index in [-0.39, 0.29) is 0 Å². The first-order valence-electron chi connectivity index (χ1n) is 7.55. The summed E-state index contributed by atoms with van der Waals surface area (Å²) in [6.07, 6.45) is 9.34. The summed E-state index contributed by atoms with van der Waals surface area (Å²) < 4.78 is 2.38. The zero-order valence-corrected chi connectivity index (χ0v) is 12.0. The average molecular weight is 279 g/mol. The molecule has 19 heavy (non-hydrogen) atoms. The Hall–Kier alpha value is -0.550. The normalized spacial score (nSPS) is 25.9. The fourth-order valence-electron chi connectivity index (χ4n) is 3.06. The molecule has 0 radical (unpaired) electrons. The summed E-state index contributed by atoms with van der Waals surface area (Å²) in [5.41, 5.74) is -0.454. The van der Waals surface area contributed by atoms with Gasteiger partial charge in [-0.25, -0.2) is 0 Å². The van der Waals surface area contributed by atoms with Crippen molar-refractivity contribution in [3.63, 3.8) is 0 Å². The Labute approximate surface area is 118 Å². The van der Waals surface area contributed by atoms with E-state index in [0.29, 0.717) is 12.0 Å². The first-order chi connectivity index (χ1) is 9.25. The number of aromatic nitrogens is 3. The van der Waals surface area contributed by atoms with Crippen molar-refractivity contribution in [1.29, 1.82) is 0 Å². The molecule has 4 nitrogen and oxygen atoms in total. The monoisotopic (exact) mass is 279 g/mol. The third-order valence-electron chi connectivity index (χ3n) is 4.55. The van der Waals surface area contributed by atoms with Crippen LogP contribution in [0.25, 0.3) is 0 Å². The third kappa shape index (κ3) is 2.42. The fourth-order valence-corrected chi connectivity index (χ4v) is 4.23. The van der Waals surface area contributed by atoms with Gasteiger partial charge in [-0.05, 0) is 38.5 Å². The second-order valence-corrected chi connectivity index (χ2v) is 7.38. The van der Waals surface area contributed by atoms with Gasteiger partial charge in [0.05, 0.1) is 5.60 Å². The van der Waals surface area contributed by atoms with E-state index in [1.165, 1.54) is 44.3 Å². The van der Waals surface area contributed by atoms with Gasteiger partial charge in [0.2, 0.25) is 0 Å². The third-order valence-corrected chi connectivity index (χ3v) is 5.77. The van der Waals surface area contributed by atoms with E-state index < -0.39 is 5.60 Å². The molecule has 3 fully saturated rings. The lowest BCUT2D eigenvalue weighted by Gasteiger charge is -2.21. The number of aliphatic hydroxyl groups is 1. The maximum Gasteiger partial charge on any atom is 0.191 e. The minimum Gasteiger partial charge on any atom is -0.389 e. The van der Waals surface area contributed by atoms with Gasteiger partial charge >= 0.3 is 0 Å². The lowest BCUT2D eigenvalue weighted by Crippen LogP contribution is -2.27. The number of nitrogens with zero attached hydrogens (tertiary/aromatic N) is 3. The van der Waals surface area contributed by atoms with Crippen LogP contribution in [0.1, 0.15) is 69.2 Å². The van der Waals surface area contributed by atoms with Crippen molar-refractivity contribution >= 4 is 11.8 Å². The maximum atomic E-state index is 10.4. The molecule has 4 rings (SSSR count). The van der Waals surface area contributed by atoms with E-state index in [9.17, 15) is 5.11 Å². The highest BCUT2D eigenvalue weighted by Gasteiger charge is 2.37. The van der Waals surface area contributed by atoms with E-state index >= 15 is 0 Å². The molecule has 0 aliphatic heterocycles. The molecule has 1 aromatic rings. The molecule has 1 aromatic heterocycles. The van der Waals surface area contributed by atoms with Gasteiger partial charge in [-0.15, -0.1) is 10.2 Å². The average Bonchev–Trinajstić information content (AvgIpc) is 3.33. The number of hydrogen-bond acceptors (Lipinski definition) is 4. The van der Waals surface area contributed by atoms with E-state index in [1.54, 1.807) is 11.8 Å². The molecule has 0 atom stereocenters. The van der Waals surface area contributed by atoms with Gasteiger partial charge in [-0.3, -0.25) is 0 Å². The van der Waals surface area contributed by atoms with Crippen LogP contribution in [0.4, 0.5) is 0 Å². The molecule has 0 spiro atoms. The van der Waals surface area contributed by atoms with E-state index in [4.69, 9.17) is 0 Å². The lowest BCUT2D eigenvalue weighted by atomic mass is 10.1. The number of thioether (sulfide) groups is 1. The summed E-state index contributed by atoms with van der Waals surface area (Å²) in [5.74, 6) is 2.66. The second kappa shape index (κ2) is 4.48. The van der Waals surface area contributed by atoms with E-state index in [1.807, 2.05) is 0 Å². The molecule has 0 amide bonds. The highest BCUT2D eigenvalue weighted by molar-refractivity contribution is 7.99. The fraction of sp³-hybridized carbons (Fsp3) is 0.857. The Kier molecular flexibility index (Phi) is 2.88. The predicted molar refractivity (Wildman–Crippen MR) is 74.4 cm³/mol. The summed E-state index contributed by atoms with van der Waals surface area (Å²) >= 11 is 1.72. The van der Waals surface area contributed by atoms with Gasteiger partial charge in [-0.1, -0.05) is 24.6 Å². The maximum absolute atomic E-state index is 10.4. The summed E-state index contributed by atoms with van der Waals surface area (Å²) in [6, 6.07) is 0.645. The molecule has 1 N–H and O–H groups in total. The highest BCUT2D eigenvalue weighted by Crippen LogP contribution is 2.46. The summed E-state index contributed by atoms with van der Waals surface area (Å²) in [4.78, 5) is 0. The molecule has 0 saturated heterocycles. The van der Waals surface area contributed by atoms with Gasteiger partial charge in [0.25, 0.3) is 0 Å². The summed E-state index contributed by atoms with van der Waals surface area (Å²) in [7, 11) is 0. The zero-order chi connectivity index (χ0) is 12.9. The molecule has 1 heterocycles. The van der Waals surface area contributed by atoms with Crippen LogP contribution in [0.2, 0.25) is 0 Å². The van der Waals surface area contributed by atoms with Crippen LogP contribution in [0, 0.1) is 0 Å². The first kappa shape index (κ1) is 12.2. The smallest absolute Gasteiger partial charge is 0.191 e. The Morgan fingerprint density at radius 3 is 2.53 bits per heavy atom. The molecule has 5 heteroatoms. The molecule has 0 aromatic carbocycles. The van der Waals surface area contributed by atoms with Gasteiger partial charge < -0.3 is 9.67 Å². The van der Waals surface area contributed by atoms with Crippen LogP contribution in [-0.4, -0.2) is 31.2 Å². The van der Waals surface area contributed by atoms with Crippen molar-refractivity contribution in [2.45, 2.75) is 74.1 Å². The van der Waals surface area contributed by atoms with E-state index in [2.05, 4.69) is 14.8 Å². The molecular formula is C14H21N3OS. The summed E-state index contributed by atoms with van der Waals surface area (Å²) in [6.45, 7) is 0. The van der Waals surface area contributed by atoms with Gasteiger partial charge in [0, 0.05) is 17.7 Å². The number of hydrogen-bond donors (Lipinski definition) is 1. The zero-order valence-electron chi connectivity index (χ0n) is 11.2. The molecule has 3 aliphatic carbocycles. The van der Waals surface area contributed by atoms with Crippen LogP contribution < -0.4 is 0 Å². The second-order valence-electron chi connectivity index (χ2n) is 6.44. The summed E-state index contributed by atoms with van der Waals surface area (Å²) in [5, 5.41) is 20.3. The predicted octanol–water partition coefficient (Wildman–Crippen LogP) is 2.89. The Morgan fingerprint density at radius 1 is 1.16 bits per heavy atom. The molecule has 0 bridgehead atoms. The Morgan fingerprint density at radius 2 is 1.89 bits per heavy atom. The molecule has 0 unspecified atom stereocenters. The Balaban J connectivity index is 1.51. The van der Waals surface area contributed by atoms with Crippen LogP contribution in [-0.2, 0) is 0 Å². The van der Waals surface area contributed by atoms with Crippen molar-refractivity contribution in [2.24, 2.45) is 0 Å². The highest BCUT2D eigenvalue weighted by atomic mass is 32.2.